The first-order chi connectivity index (χ1) is 9.60. The molecule has 0 aliphatic carbocycles. The fourth-order valence-electron chi connectivity index (χ4n) is 2.29. The molecule has 1 atom stereocenters. The molecule has 4 nitrogen and oxygen atoms in total. The summed E-state index contributed by atoms with van der Waals surface area (Å²) < 4.78 is 5.77. The number of anilines is 1. The van der Waals surface area contributed by atoms with Crippen molar-refractivity contribution in [1.29, 1.82) is 5.26 Å². The molecule has 0 bridgehead atoms. The fourth-order valence-corrected chi connectivity index (χ4v) is 2.53. The van der Waals surface area contributed by atoms with E-state index in [1.807, 2.05) is 6.07 Å². The predicted octanol–water partition coefficient (Wildman–Crippen LogP) is 2.73. The third kappa shape index (κ3) is 3.86. The van der Waals surface area contributed by atoms with Crippen LogP contribution >= 0.6 is 11.6 Å². The highest BCUT2D eigenvalue weighted by Crippen LogP contribution is 2.23. The third-order valence-corrected chi connectivity index (χ3v) is 3.83. The van der Waals surface area contributed by atoms with Gasteiger partial charge in [-0.05, 0) is 32.0 Å². The van der Waals surface area contributed by atoms with Crippen LogP contribution in [0.3, 0.4) is 0 Å². The van der Waals surface area contributed by atoms with Crippen LogP contribution in [0.5, 0.6) is 0 Å². The van der Waals surface area contributed by atoms with Gasteiger partial charge < -0.3 is 10.1 Å². The number of ether oxygens (including phenoxy) is 1. The number of hydrogen-bond donors (Lipinski definition) is 1. The minimum atomic E-state index is 0.165. The molecule has 1 aliphatic heterocycles. The summed E-state index contributed by atoms with van der Waals surface area (Å²) in [7, 11) is 0. The average molecular weight is 294 g/mol. The van der Waals surface area contributed by atoms with E-state index in [9.17, 15) is 0 Å². The summed E-state index contributed by atoms with van der Waals surface area (Å²) in [5.41, 5.74) is 1.41. The van der Waals surface area contributed by atoms with E-state index in [4.69, 9.17) is 21.6 Å². The lowest BCUT2D eigenvalue weighted by molar-refractivity contribution is -0.0315. The van der Waals surface area contributed by atoms with Crippen LogP contribution in [0.4, 0.5) is 5.69 Å². The van der Waals surface area contributed by atoms with Gasteiger partial charge >= 0.3 is 0 Å². The lowest BCUT2D eigenvalue weighted by Crippen LogP contribution is -2.48. The molecular weight excluding hydrogens is 274 g/mol. The van der Waals surface area contributed by atoms with Crippen LogP contribution in [0, 0.1) is 11.3 Å². The van der Waals surface area contributed by atoms with E-state index >= 15 is 0 Å². The Bertz CT molecular complexity index is 498. The Morgan fingerprint density at radius 2 is 2.35 bits per heavy atom. The second kappa shape index (κ2) is 6.94. The lowest BCUT2D eigenvalue weighted by atomic mass is 10.2. The molecule has 2 rings (SSSR count). The van der Waals surface area contributed by atoms with Gasteiger partial charge in [0.25, 0.3) is 0 Å². The van der Waals surface area contributed by atoms with Crippen molar-refractivity contribution in [3.63, 3.8) is 0 Å². The van der Waals surface area contributed by atoms with Crippen LogP contribution in [-0.4, -0.2) is 43.3 Å². The predicted molar refractivity (Wildman–Crippen MR) is 81.1 cm³/mol. The van der Waals surface area contributed by atoms with Crippen LogP contribution in [0.2, 0.25) is 5.02 Å². The molecule has 108 valence electrons. The molecule has 0 aromatic heterocycles. The summed E-state index contributed by atoms with van der Waals surface area (Å²) in [6, 6.07) is 7.89. The van der Waals surface area contributed by atoms with Gasteiger partial charge in [-0.1, -0.05) is 11.6 Å². The molecule has 1 aliphatic rings. The highest BCUT2D eigenvalue weighted by Gasteiger charge is 2.22. The van der Waals surface area contributed by atoms with Gasteiger partial charge in [0, 0.05) is 25.7 Å². The maximum absolute atomic E-state index is 8.81. The van der Waals surface area contributed by atoms with Crippen LogP contribution in [0.25, 0.3) is 0 Å². The van der Waals surface area contributed by atoms with Gasteiger partial charge in [-0.2, -0.15) is 5.26 Å². The first-order valence-corrected chi connectivity index (χ1v) is 7.27. The molecule has 0 amide bonds. The van der Waals surface area contributed by atoms with E-state index in [2.05, 4.69) is 30.1 Å². The zero-order valence-electron chi connectivity index (χ0n) is 11.9. The number of morpholine rings is 1. The maximum atomic E-state index is 8.81. The molecule has 1 N–H and O–H groups in total. The van der Waals surface area contributed by atoms with E-state index in [1.165, 1.54) is 0 Å². The Labute approximate surface area is 125 Å². The highest BCUT2D eigenvalue weighted by molar-refractivity contribution is 6.33. The smallest absolute Gasteiger partial charge is 0.0992 e. The highest BCUT2D eigenvalue weighted by atomic mass is 35.5. The molecule has 1 heterocycles. The third-order valence-electron chi connectivity index (χ3n) is 3.52. The Hall–Kier alpha value is -1.28. The fraction of sp³-hybridized carbons (Fsp3) is 0.533. The lowest BCUT2D eigenvalue weighted by Gasteiger charge is -2.35. The first-order valence-electron chi connectivity index (χ1n) is 6.89. The summed E-state index contributed by atoms with van der Waals surface area (Å²) in [4.78, 5) is 2.41. The van der Waals surface area contributed by atoms with Crippen molar-refractivity contribution >= 4 is 17.3 Å². The molecule has 0 saturated carbocycles. The Balaban J connectivity index is 1.90. The molecule has 0 spiro atoms. The standard InChI is InChI=1S/C15H20ClN3O/c1-11(2)19-5-6-20-13(10-19)9-18-15-4-3-12(8-17)7-14(15)16/h3-4,7,11,13,18H,5-6,9-10H2,1-2H3. The molecule has 1 fully saturated rings. The summed E-state index contributed by atoms with van der Waals surface area (Å²) >= 11 is 6.14. The number of nitrogens with one attached hydrogen (secondary N) is 1. The first kappa shape index (κ1) is 15.1. The second-order valence-electron chi connectivity index (χ2n) is 5.27. The molecule has 0 radical (unpaired) electrons. The zero-order valence-corrected chi connectivity index (χ0v) is 12.7. The molecule has 1 aromatic carbocycles. The van der Waals surface area contributed by atoms with Gasteiger partial charge in [0.1, 0.15) is 0 Å². The monoisotopic (exact) mass is 293 g/mol. The van der Waals surface area contributed by atoms with Crippen molar-refractivity contribution in [2.45, 2.75) is 26.0 Å². The van der Waals surface area contributed by atoms with E-state index in [-0.39, 0.29) is 6.10 Å². The van der Waals surface area contributed by atoms with Gasteiger partial charge in [0.15, 0.2) is 0 Å². The van der Waals surface area contributed by atoms with E-state index in [0.29, 0.717) is 16.6 Å². The van der Waals surface area contributed by atoms with E-state index < -0.39 is 0 Å². The number of nitrogens with zero attached hydrogens (tertiary/aromatic N) is 2. The molecule has 1 unspecified atom stereocenters. The Morgan fingerprint density at radius 3 is 3.00 bits per heavy atom. The Morgan fingerprint density at radius 1 is 1.55 bits per heavy atom. The number of hydrogen-bond acceptors (Lipinski definition) is 4. The SMILES string of the molecule is CC(C)N1CCOC(CNc2ccc(C#N)cc2Cl)C1. The van der Waals surface area contributed by atoms with Gasteiger partial charge in [0.05, 0.1) is 35.1 Å². The normalized spacial score (nSPS) is 19.9. The van der Waals surface area contributed by atoms with Gasteiger partial charge in [-0.3, -0.25) is 4.90 Å². The van der Waals surface area contributed by atoms with Gasteiger partial charge in [0.2, 0.25) is 0 Å². The summed E-state index contributed by atoms with van der Waals surface area (Å²) in [6.07, 6.45) is 0.165. The number of nitriles is 1. The quantitative estimate of drug-likeness (QED) is 0.927. The summed E-state index contributed by atoms with van der Waals surface area (Å²) in [5, 5.41) is 12.7. The molecule has 1 aromatic rings. The zero-order chi connectivity index (χ0) is 14.5. The topological polar surface area (TPSA) is 48.3 Å². The maximum Gasteiger partial charge on any atom is 0.0992 e. The van der Waals surface area contributed by atoms with Gasteiger partial charge in [-0.15, -0.1) is 0 Å². The van der Waals surface area contributed by atoms with Crippen LogP contribution in [0.15, 0.2) is 18.2 Å². The van der Waals surface area contributed by atoms with E-state index in [0.717, 1.165) is 31.9 Å². The van der Waals surface area contributed by atoms with Crippen molar-refractivity contribution in [2.24, 2.45) is 0 Å². The van der Waals surface area contributed by atoms with Crippen molar-refractivity contribution in [1.82, 2.24) is 4.90 Å². The van der Waals surface area contributed by atoms with Crippen molar-refractivity contribution in [2.75, 3.05) is 31.6 Å². The van der Waals surface area contributed by atoms with Crippen molar-refractivity contribution in [3.05, 3.63) is 28.8 Å². The minimum absolute atomic E-state index is 0.165. The molecule has 5 heteroatoms. The molecule has 20 heavy (non-hydrogen) atoms. The van der Waals surface area contributed by atoms with Gasteiger partial charge in [-0.25, -0.2) is 0 Å². The number of rotatable bonds is 4. The van der Waals surface area contributed by atoms with Crippen molar-refractivity contribution in [3.8, 4) is 6.07 Å². The van der Waals surface area contributed by atoms with Crippen LogP contribution in [0.1, 0.15) is 19.4 Å². The minimum Gasteiger partial charge on any atom is -0.381 e. The average Bonchev–Trinajstić information content (AvgIpc) is 2.46. The molecular formula is C15H20ClN3O. The number of halogens is 1. The van der Waals surface area contributed by atoms with Crippen LogP contribution in [-0.2, 0) is 4.74 Å². The largest absolute Gasteiger partial charge is 0.381 e. The summed E-state index contributed by atoms with van der Waals surface area (Å²) in [5.74, 6) is 0. The number of benzene rings is 1. The Kier molecular flexibility index (Phi) is 5.24. The molecule has 1 saturated heterocycles. The van der Waals surface area contributed by atoms with Crippen LogP contribution < -0.4 is 5.32 Å². The van der Waals surface area contributed by atoms with E-state index in [1.54, 1.807) is 12.1 Å². The second-order valence-corrected chi connectivity index (χ2v) is 5.68. The van der Waals surface area contributed by atoms with Crippen molar-refractivity contribution < 1.29 is 4.74 Å². The summed E-state index contributed by atoms with van der Waals surface area (Å²) in [6.45, 7) is 7.81.